The highest BCUT2D eigenvalue weighted by Crippen LogP contribution is 2.31. The van der Waals surface area contributed by atoms with Gasteiger partial charge in [0.1, 0.15) is 5.58 Å². The van der Waals surface area contributed by atoms with Gasteiger partial charge in [0.15, 0.2) is 10.9 Å². The fraction of sp³-hybridized carbons (Fsp3) is 0.240. The lowest BCUT2D eigenvalue weighted by atomic mass is 10.1. The van der Waals surface area contributed by atoms with Crippen LogP contribution in [0.15, 0.2) is 82.6 Å². The molecule has 7 heteroatoms. The lowest BCUT2D eigenvalue weighted by Gasteiger charge is -2.16. The Balaban J connectivity index is 1.29. The summed E-state index contributed by atoms with van der Waals surface area (Å²) in [4.78, 5) is 24.1. The van der Waals surface area contributed by atoms with Crippen LogP contribution < -0.4 is 5.32 Å². The number of aromatic nitrogens is 2. The third-order valence-corrected chi connectivity index (χ3v) is 6.55. The fourth-order valence-electron chi connectivity index (χ4n) is 4.11. The Morgan fingerprint density at radius 1 is 1.06 bits per heavy atom. The van der Waals surface area contributed by atoms with E-state index in [1.54, 1.807) is 18.5 Å². The smallest absolute Gasteiger partial charge is 0.287 e. The van der Waals surface area contributed by atoms with Crippen LogP contribution in [-0.4, -0.2) is 39.9 Å². The zero-order valence-electron chi connectivity index (χ0n) is 17.6. The van der Waals surface area contributed by atoms with Crippen molar-refractivity contribution in [2.75, 3.05) is 13.1 Å². The molecule has 2 aromatic carbocycles. The number of benzene rings is 2. The van der Waals surface area contributed by atoms with Gasteiger partial charge in [-0.05, 0) is 24.1 Å². The number of likely N-dealkylation sites (tertiary alicyclic amines) is 1. The summed E-state index contributed by atoms with van der Waals surface area (Å²) in [6, 6.07) is 20.1. The minimum atomic E-state index is -0.155. The summed E-state index contributed by atoms with van der Waals surface area (Å²) in [6.45, 7) is 2.70. The second-order valence-corrected chi connectivity index (χ2v) is 8.85. The first-order valence-electron chi connectivity index (χ1n) is 10.7. The monoisotopic (exact) mass is 444 g/mol. The van der Waals surface area contributed by atoms with Crippen molar-refractivity contribution < 1.29 is 9.21 Å². The number of thioether (sulfide) groups is 1. The van der Waals surface area contributed by atoms with E-state index in [1.807, 2.05) is 30.3 Å². The van der Waals surface area contributed by atoms with E-state index in [0.29, 0.717) is 16.7 Å². The van der Waals surface area contributed by atoms with Crippen LogP contribution in [0.25, 0.3) is 11.0 Å². The van der Waals surface area contributed by atoms with Crippen molar-refractivity contribution >= 4 is 28.6 Å². The number of rotatable bonds is 7. The maximum absolute atomic E-state index is 13.2. The summed E-state index contributed by atoms with van der Waals surface area (Å²) in [6.07, 6.45) is 4.37. The largest absolute Gasteiger partial charge is 0.451 e. The van der Waals surface area contributed by atoms with Crippen LogP contribution in [-0.2, 0) is 12.3 Å². The summed E-state index contributed by atoms with van der Waals surface area (Å²) in [5, 5.41) is 4.83. The van der Waals surface area contributed by atoms with Crippen LogP contribution in [0.5, 0.6) is 0 Å². The molecule has 1 unspecified atom stereocenters. The number of para-hydroxylation sites is 1. The fourth-order valence-corrected chi connectivity index (χ4v) is 4.94. The van der Waals surface area contributed by atoms with E-state index >= 15 is 0 Å². The molecule has 1 aliphatic heterocycles. The van der Waals surface area contributed by atoms with Crippen LogP contribution in [0.4, 0.5) is 0 Å². The van der Waals surface area contributed by atoms with Gasteiger partial charge in [-0.15, -0.1) is 0 Å². The SMILES string of the molecule is O=C(NC1CCN(Cc2ccccc2)C1)c1oc2ccccc2c1CSc1ncccn1. The van der Waals surface area contributed by atoms with Crippen molar-refractivity contribution in [3.63, 3.8) is 0 Å². The zero-order chi connectivity index (χ0) is 21.8. The average Bonchev–Trinajstić information content (AvgIpc) is 3.43. The highest BCUT2D eigenvalue weighted by Gasteiger charge is 2.27. The highest BCUT2D eigenvalue weighted by molar-refractivity contribution is 7.98. The normalized spacial score (nSPS) is 16.4. The quantitative estimate of drug-likeness (QED) is 0.334. The molecular weight excluding hydrogens is 420 g/mol. The molecule has 3 heterocycles. The molecule has 1 amide bonds. The number of nitrogens with zero attached hydrogens (tertiary/aromatic N) is 3. The number of nitrogens with one attached hydrogen (secondary N) is 1. The Morgan fingerprint density at radius 2 is 1.84 bits per heavy atom. The van der Waals surface area contributed by atoms with Gasteiger partial charge in [0.05, 0.1) is 0 Å². The first-order valence-corrected chi connectivity index (χ1v) is 11.7. The molecule has 6 nitrogen and oxygen atoms in total. The van der Waals surface area contributed by atoms with Crippen LogP contribution >= 0.6 is 11.8 Å². The van der Waals surface area contributed by atoms with E-state index in [0.717, 1.165) is 42.6 Å². The van der Waals surface area contributed by atoms with Gasteiger partial charge >= 0.3 is 0 Å². The van der Waals surface area contributed by atoms with E-state index in [-0.39, 0.29) is 11.9 Å². The molecule has 1 aliphatic rings. The maximum atomic E-state index is 13.2. The highest BCUT2D eigenvalue weighted by atomic mass is 32.2. The molecule has 1 saturated heterocycles. The predicted molar refractivity (Wildman–Crippen MR) is 125 cm³/mol. The lowest BCUT2D eigenvalue weighted by Crippen LogP contribution is -2.37. The molecule has 1 fully saturated rings. The lowest BCUT2D eigenvalue weighted by molar-refractivity contribution is 0.0911. The van der Waals surface area contributed by atoms with Crippen molar-refractivity contribution in [2.24, 2.45) is 0 Å². The van der Waals surface area contributed by atoms with Crippen molar-refractivity contribution in [1.29, 1.82) is 0 Å². The molecule has 0 radical (unpaired) electrons. The summed E-state index contributed by atoms with van der Waals surface area (Å²) >= 11 is 1.50. The molecule has 5 rings (SSSR count). The molecule has 1 N–H and O–H groups in total. The number of hydrogen-bond acceptors (Lipinski definition) is 6. The topological polar surface area (TPSA) is 71.3 Å². The van der Waals surface area contributed by atoms with Crippen molar-refractivity contribution in [3.8, 4) is 0 Å². The van der Waals surface area contributed by atoms with Crippen LogP contribution in [0.3, 0.4) is 0 Å². The molecule has 0 bridgehead atoms. The van der Waals surface area contributed by atoms with E-state index in [1.165, 1.54) is 17.3 Å². The number of hydrogen-bond donors (Lipinski definition) is 1. The third-order valence-electron chi connectivity index (χ3n) is 5.65. The van der Waals surface area contributed by atoms with E-state index in [4.69, 9.17) is 4.42 Å². The minimum Gasteiger partial charge on any atom is -0.451 e. The molecule has 162 valence electrons. The summed E-state index contributed by atoms with van der Waals surface area (Å²) < 4.78 is 6.00. The van der Waals surface area contributed by atoms with E-state index in [9.17, 15) is 4.79 Å². The van der Waals surface area contributed by atoms with E-state index < -0.39 is 0 Å². The van der Waals surface area contributed by atoms with Gasteiger partial charge in [0.25, 0.3) is 5.91 Å². The summed E-state index contributed by atoms with van der Waals surface area (Å²) in [5.41, 5.74) is 2.90. The molecule has 1 atom stereocenters. The zero-order valence-corrected chi connectivity index (χ0v) is 18.4. The molecule has 0 aliphatic carbocycles. The van der Waals surface area contributed by atoms with Gasteiger partial charge in [-0.25, -0.2) is 9.97 Å². The van der Waals surface area contributed by atoms with Crippen molar-refractivity contribution in [2.45, 2.75) is 29.9 Å². The molecular formula is C25H24N4O2S. The molecule has 0 saturated carbocycles. The van der Waals surface area contributed by atoms with Crippen molar-refractivity contribution in [3.05, 3.63) is 89.9 Å². The second-order valence-electron chi connectivity index (χ2n) is 7.91. The standard InChI is InChI=1S/C25H24N4O2S/c30-24(28-19-11-14-29(16-19)15-18-7-2-1-3-8-18)23-21(17-32-25-26-12-6-13-27-25)20-9-4-5-10-22(20)31-23/h1-10,12-13,19H,11,14-17H2,(H,28,30). The maximum Gasteiger partial charge on any atom is 0.287 e. The van der Waals surface area contributed by atoms with Gasteiger partial charge in [-0.3, -0.25) is 9.69 Å². The second kappa shape index (κ2) is 9.54. The molecule has 4 aromatic rings. The Labute approximate surface area is 191 Å². The van der Waals surface area contributed by atoms with Gasteiger partial charge in [0, 0.05) is 54.8 Å². The molecule has 32 heavy (non-hydrogen) atoms. The molecule has 2 aromatic heterocycles. The van der Waals surface area contributed by atoms with Crippen LogP contribution in [0.2, 0.25) is 0 Å². The first kappa shape index (κ1) is 20.7. The molecule has 0 spiro atoms. The van der Waals surface area contributed by atoms with Gasteiger partial charge in [0.2, 0.25) is 0 Å². The number of fused-ring (bicyclic) bond motifs is 1. The number of amides is 1. The van der Waals surface area contributed by atoms with Gasteiger partial charge in [-0.2, -0.15) is 0 Å². The van der Waals surface area contributed by atoms with Crippen LogP contribution in [0, 0.1) is 0 Å². The summed E-state index contributed by atoms with van der Waals surface area (Å²) in [7, 11) is 0. The third kappa shape index (κ3) is 4.69. The van der Waals surface area contributed by atoms with Crippen molar-refractivity contribution in [1.82, 2.24) is 20.2 Å². The number of furan rings is 1. The predicted octanol–water partition coefficient (Wildman–Crippen LogP) is 4.52. The van der Waals surface area contributed by atoms with Gasteiger partial charge < -0.3 is 9.73 Å². The Kier molecular flexibility index (Phi) is 6.18. The summed E-state index contributed by atoms with van der Waals surface area (Å²) in [5.74, 6) is 0.794. The Hall–Kier alpha value is -3.16. The first-order chi connectivity index (χ1) is 15.8. The van der Waals surface area contributed by atoms with Gasteiger partial charge in [-0.1, -0.05) is 60.3 Å². The Bertz CT molecular complexity index is 1200. The van der Waals surface area contributed by atoms with E-state index in [2.05, 4.69) is 44.5 Å². The Morgan fingerprint density at radius 3 is 2.69 bits per heavy atom. The number of carbonyl (C=O) groups is 1. The number of carbonyl (C=O) groups excluding carboxylic acids is 1. The van der Waals surface area contributed by atoms with Crippen LogP contribution in [0.1, 0.15) is 28.1 Å². The minimum absolute atomic E-state index is 0.109. The average molecular weight is 445 g/mol.